The Bertz CT molecular complexity index is 339. The van der Waals surface area contributed by atoms with Gasteiger partial charge in [0.15, 0.2) is 0 Å². The monoisotopic (exact) mass is 205 g/mol. The molecule has 1 heterocycles. The molecule has 0 bridgehead atoms. The van der Waals surface area contributed by atoms with Crippen LogP contribution in [0.25, 0.3) is 0 Å². The molecule has 0 aromatic heterocycles. The third-order valence-electron chi connectivity index (χ3n) is 2.59. The fourth-order valence-corrected chi connectivity index (χ4v) is 1.63. The summed E-state index contributed by atoms with van der Waals surface area (Å²) < 4.78 is 0. The molecule has 0 aliphatic carbocycles. The molecule has 1 aromatic rings. The van der Waals surface area contributed by atoms with Crippen molar-refractivity contribution in [1.29, 1.82) is 0 Å². The molecule has 1 amide bonds. The maximum atomic E-state index is 11.8. The fourth-order valence-electron chi connectivity index (χ4n) is 1.63. The van der Waals surface area contributed by atoms with Crippen molar-refractivity contribution in [2.45, 2.75) is 19.8 Å². The van der Waals surface area contributed by atoms with Crippen LogP contribution in [0.4, 0.5) is 0 Å². The number of rotatable bonds is 2. The van der Waals surface area contributed by atoms with Crippen molar-refractivity contribution in [1.82, 2.24) is 5.06 Å². The van der Waals surface area contributed by atoms with E-state index in [0.29, 0.717) is 18.7 Å². The van der Waals surface area contributed by atoms with E-state index in [1.165, 1.54) is 10.6 Å². The summed E-state index contributed by atoms with van der Waals surface area (Å²) in [5.41, 5.74) is 1.95. The zero-order valence-electron chi connectivity index (χ0n) is 8.90. The molecule has 0 N–H and O–H groups in total. The van der Waals surface area contributed by atoms with E-state index in [1.807, 2.05) is 24.3 Å². The molecule has 0 spiro atoms. The van der Waals surface area contributed by atoms with Crippen LogP contribution >= 0.6 is 0 Å². The molecule has 1 aromatic carbocycles. The molecule has 1 aliphatic heterocycles. The molecule has 3 heteroatoms. The van der Waals surface area contributed by atoms with E-state index in [2.05, 4.69) is 6.92 Å². The smallest absolute Gasteiger partial charge is 0.271 e. The standard InChI is InChI=1S/C12H15NO2/c1-2-10-4-6-11(7-5-10)12(14)13-8-3-9-15-13/h4-7H,2-3,8-9H2,1H3. The van der Waals surface area contributed by atoms with Crippen molar-refractivity contribution < 1.29 is 9.63 Å². The summed E-state index contributed by atoms with van der Waals surface area (Å²) in [6, 6.07) is 7.71. The minimum absolute atomic E-state index is 0.0323. The van der Waals surface area contributed by atoms with Gasteiger partial charge in [-0.15, -0.1) is 0 Å². The first-order valence-corrected chi connectivity index (χ1v) is 5.35. The molecule has 0 unspecified atom stereocenters. The van der Waals surface area contributed by atoms with Crippen LogP contribution in [-0.2, 0) is 11.3 Å². The SMILES string of the molecule is CCc1ccc(C(=O)N2CCCO2)cc1. The third-order valence-corrected chi connectivity index (χ3v) is 2.59. The molecule has 1 aliphatic rings. The van der Waals surface area contributed by atoms with E-state index < -0.39 is 0 Å². The lowest BCUT2D eigenvalue weighted by Crippen LogP contribution is -2.26. The summed E-state index contributed by atoms with van der Waals surface area (Å²) in [5, 5.41) is 1.45. The molecule has 1 saturated heterocycles. The first kappa shape index (κ1) is 10.2. The highest BCUT2D eigenvalue weighted by molar-refractivity contribution is 5.93. The van der Waals surface area contributed by atoms with Gasteiger partial charge in [-0.3, -0.25) is 9.63 Å². The predicted octanol–water partition coefficient (Wildman–Crippen LogP) is 2.03. The highest BCUT2D eigenvalue weighted by atomic mass is 16.7. The fraction of sp³-hybridized carbons (Fsp3) is 0.417. The minimum Gasteiger partial charge on any atom is -0.271 e. The maximum absolute atomic E-state index is 11.8. The Hall–Kier alpha value is -1.35. The van der Waals surface area contributed by atoms with Gasteiger partial charge in [0.25, 0.3) is 5.91 Å². The first-order valence-electron chi connectivity index (χ1n) is 5.35. The molecule has 0 saturated carbocycles. The highest BCUT2D eigenvalue weighted by Gasteiger charge is 2.20. The van der Waals surface area contributed by atoms with Gasteiger partial charge in [-0.05, 0) is 30.5 Å². The van der Waals surface area contributed by atoms with Crippen molar-refractivity contribution >= 4 is 5.91 Å². The summed E-state index contributed by atoms with van der Waals surface area (Å²) >= 11 is 0. The van der Waals surface area contributed by atoms with Gasteiger partial charge in [-0.25, -0.2) is 5.06 Å². The Kier molecular flexibility index (Phi) is 3.02. The van der Waals surface area contributed by atoms with Gasteiger partial charge >= 0.3 is 0 Å². The summed E-state index contributed by atoms with van der Waals surface area (Å²) in [5.74, 6) is -0.0323. The maximum Gasteiger partial charge on any atom is 0.277 e. The quantitative estimate of drug-likeness (QED) is 0.739. The van der Waals surface area contributed by atoms with Crippen molar-refractivity contribution in [3.8, 4) is 0 Å². The van der Waals surface area contributed by atoms with E-state index in [1.54, 1.807) is 0 Å². The molecular formula is C12H15NO2. The van der Waals surface area contributed by atoms with Gasteiger partial charge in [0.05, 0.1) is 13.2 Å². The van der Waals surface area contributed by atoms with Crippen LogP contribution in [0.3, 0.4) is 0 Å². The van der Waals surface area contributed by atoms with Gasteiger partial charge in [0, 0.05) is 5.56 Å². The lowest BCUT2D eigenvalue weighted by molar-refractivity contribution is -0.0768. The van der Waals surface area contributed by atoms with Crippen molar-refractivity contribution in [3.63, 3.8) is 0 Å². The second kappa shape index (κ2) is 4.45. The highest BCUT2D eigenvalue weighted by Crippen LogP contribution is 2.12. The van der Waals surface area contributed by atoms with E-state index >= 15 is 0 Å². The van der Waals surface area contributed by atoms with Gasteiger partial charge in [-0.1, -0.05) is 19.1 Å². The van der Waals surface area contributed by atoms with Gasteiger partial charge in [0.1, 0.15) is 0 Å². The topological polar surface area (TPSA) is 29.5 Å². The number of hydrogen-bond acceptors (Lipinski definition) is 2. The van der Waals surface area contributed by atoms with E-state index in [4.69, 9.17) is 4.84 Å². The average molecular weight is 205 g/mol. The number of hydrogen-bond donors (Lipinski definition) is 0. The lowest BCUT2D eigenvalue weighted by Gasteiger charge is -2.13. The second-order valence-electron chi connectivity index (χ2n) is 3.64. The Labute approximate surface area is 89.6 Å². The second-order valence-corrected chi connectivity index (χ2v) is 3.64. The average Bonchev–Trinajstić information content (AvgIpc) is 2.82. The largest absolute Gasteiger partial charge is 0.277 e. The summed E-state index contributed by atoms with van der Waals surface area (Å²) in [6.07, 6.45) is 1.92. The number of nitrogens with zero attached hydrogens (tertiary/aromatic N) is 1. The predicted molar refractivity (Wildman–Crippen MR) is 57.4 cm³/mol. The number of benzene rings is 1. The van der Waals surface area contributed by atoms with Crippen LogP contribution in [0.5, 0.6) is 0 Å². The Morgan fingerprint density at radius 3 is 2.67 bits per heavy atom. The summed E-state index contributed by atoms with van der Waals surface area (Å²) in [4.78, 5) is 17.1. The number of carbonyl (C=O) groups excluding carboxylic acids is 1. The number of amides is 1. The summed E-state index contributed by atoms with van der Waals surface area (Å²) in [6.45, 7) is 3.45. The molecule has 15 heavy (non-hydrogen) atoms. The zero-order valence-corrected chi connectivity index (χ0v) is 8.90. The van der Waals surface area contributed by atoms with Gasteiger partial charge in [-0.2, -0.15) is 0 Å². The van der Waals surface area contributed by atoms with Crippen molar-refractivity contribution in [2.24, 2.45) is 0 Å². The van der Waals surface area contributed by atoms with Crippen LogP contribution in [0.15, 0.2) is 24.3 Å². The van der Waals surface area contributed by atoms with Gasteiger partial charge < -0.3 is 0 Å². The molecular weight excluding hydrogens is 190 g/mol. The van der Waals surface area contributed by atoms with E-state index in [-0.39, 0.29) is 5.91 Å². The Balaban J connectivity index is 2.11. The molecule has 0 radical (unpaired) electrons. The first-order chi connectivity index (χ1) is 7.31. The molecule has 2 rings (SSSR count). The number of carbonyl (C=O) groups is 1. The van der Waals surface area contributed by atoms with Gasteiger partial charge in [0.2, 0.25) is 0 Å². The van der Waals surface area contributed by atoms with E-state index in [0.717, 1.165) is 12.8 Å². The molecule has 3 nitrogen and oxygen atoms in total. The molecule has 1 fully saturated rings. The number of aryl methyl sites for hydroxylation is 1. The normalized spacial score (nSPS) is 15.7. The lowest BCUT2D eigenvalue weighted by atomic mass is 10.1. The summed E-state index contributed by atoms with van der Waals surface area (Å²) in [7, 11) is 0. The Morgan fingerprint density at radius 1 is 1.40 bits per heavy atom. The van der Waals surface area contributed by atoms with Crippen LogP contribution < -0.4 is 0 Å². The van der Waals surface area contributed by atoms with Crippen LogP contribution in [0, 0.1) is 0 Å². The van der Waals surface area contributed by atoms with Crippen LogP contribution in [0.1, 0.15) is 29.3 Å². The van der Waals surface area contributed by atoms with E-state index in [9.17, 15) is 4.79 Å². The molecule has 0 atom stereocenters. The van der Waals surface area contributed by atoms with Crippen molar-refractivity contribution in [2.75, 3.05) is 13.2 Å². The van der Waals surface area contributed by atoms with Crippen molar-refractivity contribution in [3.05, 3.63) is 35.4 Å². The minimum atomic E-state index is -0.0323. The number of hydroxylamine groups is 2. The third kappa shape index (κ3) is 2.18. The zero-order chi connectivity index (χ0) is 10.7. The Morgan fingerprint density at radius 2 is 2.13 bits per heavy atom. The van der Waals surface area contributed by atoms with Crippen LogP contribution in [-0.4, -0.2) is 24.1 Å². The molecule has 80 valence electrons. The van der Waals surface area contributed by atoms with Crippen LogP contribution in [0.2, 0.25) is 0 Å².